The van der Waals surface area contributed by atoms with Gasteiger partial charge in [-0.25, -0.2) is 9.48 Å². The number of aliphatic hydroxyl groups excluding tert-OH is 2. The minimum absolute atomic E-state index is 0.212. The van der Waals surface area contributed by atoms with Gasteiger partial charge in [0.25, 0.3) is 0 Å². The van der Waals surface area contributed by atoms with Gasteiger partial charge in [-0.3, -0.25) is 0 Å². The molecule has 100 valence electrons. The quantitative estimate of drug-likeness (QED) is 0.573. The minimum atomic E-state index is -0.733. The standard InChI is InChI=1S/C10H13IN2O5/c1-17-10(16)9-5(11)3-13(12-9)8-2-6(15)7(4-14)18-8/h3,6-8,14-15H,2,4H2,1H3/t6-,7-,8+/m0/s1. The highest BCUT2D eigenvalue weighted by molar-refractivity contribution is 14.1. The lowest BCUT2D eigenvalue weighted by molar-refractivity contribution is -0.0485. The van der Waals surface area contributed by atoms with E-state index in [-0.39, 0.29) is 12.3 Å². The van der Waals surface area contributed by atoms with Gasteiger partial charge < -0.3 is 19.7 Å². The fourth-order valence-electron chi connectivity index (χ4n) is 1.79. The first kappa shape index (κ1) is 13.7. The normalized spacial score (nSPS) is 27.4. The maximum absolute atomic E-state index is 11.4. The van der Waals surface area contributed by atoms with Crippen LogP contribution in [0.15, 0.2) is 6.20 Å². The Morgan fingerprint density at radius 2 is 2.50 bits per heavy atom. The number of hydrogen-bond donors (Lipinski definition) is 2. The Labute approximate surface area is 117 Å². The molecule has 0 radical (unpaired) electrons. The SMILES string of the molecule is COC(=O)c1nn([C@H]2C[C@H](O)[C@H](CO)O2)cc1I. The van der Waals surface area contributed by atoms with E-state index in [1.54, 1.807) is 6.20 Å². The number of carbonyl (C=O) groups is 1. The molecule has 2 N–H and O–H groups in total. The van der Waals surface area contributed by atoms with E-state index in [0.29, 0.717) is 9.99 Å². The summed E-state index contributed by atoms with van der Waals surface area (Å²) in [6, 6.07) is 0. The van der Waals surface area contributed by atoms with Gasteiger partial charge >= 0.3 is 5.97 Å². The van der Waals surface area contributed by atoms with Gasteiger partial charge in [-0.2, -0.15) is 5.10 Å². The number of ether oxygens (including phenoxy) is 2. The monoisotopic (exact) mass is 368 g/mol. The molecule has 2 rings (SSSR count). The number of aliphatic hydroxyl groups is 2. The third-order valence-electron chi connectivity index (χ3n) is 2.75. The third kappa shape index (κ3) is 2.51. The summed E-state index contributed by atoms with van der Waals surface area (Å²) in [7, 11) is 1.29. The second-order valence-corrected chi connectivity index (χ2v) is 5.07. The van der Waals surface area contributed by atoms with Crippen LogP contribution in [0.3, 0.4) is 0 Å². The molecule has 0 amide bonds. The summed E-state index contributed by atoms with van der Waals surface area (Å²) in [5.41, 5.74) is 0.212. The summed E-state index contributed by atoms with van der Waals surface area (Å²) in [5, 5.41) is 22.7. The molecule has 2 heterocycles. The van der Waals surface area contributed by atoms with Crippen molar-refractivity contribution >= 4 is 28.6 Å². The molecular weight excluding hydrogens is 355 g/mol. The summed E-state index contributed by atoms with van der Waals surface area (Å²) >= 11 is 1.97. The molecule has 0 spiro atoms. The molecule has 18 heavy (non-hydrogen) atoms. The van der Waals surface area contributed by atoms with Crippen LogP contribution in [0.5, 0.6) is 0 Å². The lowest BCUT2D eigenvalue weighted by atomic mass is 10.2. The molecule has 1 aromatic heterocycles. The summed E-state index contributed by atoms with van der Waals surface area (Å²) < 4.78 is 12.2. The Kier molecular flexibility index (Phi) is 4.20. The van der Waals surface area contributed by atoms with E-state index in [9.17, 15) is 9.90 Å². The van der Waals surface area contributed by atoms with Crippen LogP contribution >= 0.6 is 22.6 Å². The summed E-state index contributed by atoms with van der Waals surface area (Å²) in [5.74, 6) is -0.518. The van der Waals surface area contributed by atoms with Crippen molar-refractivity contribution in [1.29, 1.82) is 0 Å². The van der Waals surface area contributed by atoms with E-state index in [2.05, 4.69) is 9.84 Å². The van der Waals surface area contributed by atoms with Gasteiger partial charge in [0.1, 0.15) is 6.10 Å². The first-order valence-corrected chi connectivity index (χ1v) is 6.42. The molecule has 0 aromatic carbocycles. The Morgan fingerprint density at radius 3 is 3.06 bits per heavy atom. The van der Waals surface area contributed by atoms with Crippen molar-refractivity contribution in [3.8, 4) is 0 Å². The second kappa shape index (κ2) is 5.51. The van der Waals surface area contributed by atoms with Crippen molar-refractivity contribution in [2.75, 3.05) is 13.7 Å². The third-order valence-corrected chi connectivity index (χ3v) is 3.53. The minimum Gasteiger partial charge on any atom is -0.464 e. The second-order valence-electron chi connectivity index (χ2n) is 3.91. The molecule has 0 unspecified atom stereocenters. The first-order valence-electron chi connectivity index (χ1n) is 5.34. The molecule has 1 aliphatic rings. The number of aromatic nitrogens is 2. The molecule has 0 saturated carbocycles. The zero-order chi connectivity index (χ0) is 13.3. The summed E-state index contributed by atoms with van der Waals surface area (Å²) in [6.07, 6.45) is 0.138. The molecule has 1 aliphatic heterocycles. The average Bonchev–Trinajstić information content (AvgIpc) is 2.91. The molecular formula is C10H13IN2O5. The molecule has 3 atom stereocenters. The summed E-state index contributed by atoms with van der Waals surface area (Å²) in [4.78, 5) is 11.4. The van der Waals surface area contributed by atoms with Gasteiger partial charge in [-0.15, -0.1) is 0 Å². The molecule has 0 bridgehead atoms. The van der Waals surface area contributed by atoms with Crippen LogP contribution < -0.4 is 0 Å². The molecule has 1 fully saturated rings. The highest BCUT2D eigenvalue weighted by Gasteiger charge is 2.35. The van der Waals surface area contributed by atoms with E-state index < -0.39 is 24.4 Å². The Morgan fingerprint density at radius 1 is 1.78 bits per heavy atom. The number of methoxy groups -OCH3 is 1. The van der Waals surface area contributed by atoms with Crippen LogP contribution in [0.1, 0.15) is 23.1 Å². The fraction of sp³-hybridized carbons (Fsp3) is 0.600. The van der Waals surface area contributed by atoms with Gasteiger partial charge in [0.05, 0.1) is 23.4 Å². The molecule has 1 saturated heterocycles. The number of esters is 1. The maximum Gasteiger partial charge on any atom is 0.359 e. The lowest BCUT2D eigenvalue weighted by Gasteiger charge is -2.11. The van der Waals surface area contributed by atoms with Gasteiger partial charge in [0, 0.05) is 12.6 Å². The van der Waals surface area contributed by atoms with Gasteiger partial charge in [-0.05, 0) is 22.6 Å². The van der Waals surface area contributed by atoms with Crippen molar-refractivity contribution in [2.45, 2.75) is 24.9 Å². The van der Waals surface area contributed by atoms with E-state index in [1.165, 1.54) is 11.8 Å². The Hall–Kier alpha value is -0.710. The van der Waals surface area contributed by atoms with Crippen LogP contribution in [0.25, 0.3) is 0 Å². The predicted octanol–water partition coefficient (Wildman–Crippen LogP) is -0.0850. The van der Waals surface area contributed by atoms with Gasteiger partial charge in [0.15, 0.2) is 11.9 Å². The number of halogens is 1. The maximum atomic E-state index is 11.4. The van der Waals surface area contributed by atoms with Crippen molar-refractivity contribution < 1.29 is 24.5 Å². The van der Waals surface area contributed by atoms with Crippen LogP contribution in [0.2, 0.25) is 0 Å². The van der Waals surface area contributed by atoms with E-state index >= 15 is 0 Å². The Balaban J connectivity index is 2.18. The highest BCUT2D eigenvalue weighted by Crippen LogP contribution is 2.29. The van der Waals surface area contributed by atoms with E-state index in [4.69, 9.17) is 9.84 Å². The molecule has 0 aliphatic carbocycles. The highest BCUT2D eigenvalue weighted by atomic mass is 127. The lowest BCUT2D eigenvalue weighted by Crippen LogP contribution is -2.24. The fourth-order valence-corrected chi connectivity index (χ4v) is 2.41. The number of rotatable bonds is 3. The predicted molar refractivity (Wildman–Crippen MR) is 67.9 cm³/mol. The van der Waals surface area contributed by atoms with Crippen LogP contribution in [-0.4, -0.2) is 51.9 Å². The number of nitrogens with zero attached hydrogens (tertiary/aromatic N) is 2. The van der Waals surface area contributed by atoms with Crippen molar-refractivity contribution in [3.63, 3.8) is 0 Å². The molecule has 7 nitrogen and oxygen atoms in total. The van der Waals surface area contributed by atoms with Crippen LogP contribution in [0.4, 0.5) is 0 Å². The van der Waals surface area contributed by atoms with Crippen molar-refractivity contribution in [3.05, 3.63) is 15.5 Å². The van der Waals surface area contributed by atoms with Gasteiger partial charge in [-0.1, -0.05) is 0 Å². The zero-order valence-corrected chi connectivity index (χ0v) is 11.8. The number of hydrogen-bond acceptors (Lipinski definition) is 6. The van der Waals surface area contributed by atoms with Crippen LogP contribution in [-0.2, 0) is 9.47 Å². The smallest absolute Gasteiger partial charge is 0.359 e. The van der Waals surface area contributed by atoms with Crippen molar-refractivity contribution in [2.24, 2.45) is 0 Å². The number of carbonyl (C=O) groups excluding carboxylic acids is 1. The average molecular weight is 368 g/mol. The van der Waals surface area contributed by atoms with E-state index in [1.807, 2.05) is 22.6 Å². The molecule has 8 heteroatoms. The topological polar surface area (TPSA) is 93.8 Å². The molecule has 1 aromatic rings. The van der Waals surface area contributed by atoms with Gasteiger partial charge in [0.2, 0.25) is 0 Å². The Bertz CT molecular complexity index is 449. The van der Waals surface area contributed by atoms with E-state index in [0.717, 1.165) is 0 Å². The zero-order valence-electron chi connectivity index (χ0n) is 9.62. The largest absolute Gasteiger partial charge is 0.464 e. The van der Waals surface area contributed by atoms with Crippen molar-refractivity contribution in [1.82, 2.24) is 9.78 Å². The summed E-state index contributed by atoms with van der Waals surface area (Å²) in [6.45, 7) is -0.250. The van der Waals surface area contributed by atoms with Crippen LogP contribution in [0, 0.1) is 3.57 Å². The first-order chi connectivity index (χ1) is 8.56.